The van der Waals surface area contributed by atoms with Gasteiger partial charge in [0.05, 0.1) is 11.1 Å². The molecule has 4 rings (SSSR count). The average Bonchev–Trinajstić information content (AvgIpc) is 3.29. The molecule has 0 bridgehead atoms. The third-order valence-corrected chi connectivity index (χ3v) is 4.56. The highest BCUT2D eigenvalue weighted by atomic mass is 16.6. The molecule has 2 aromatic carbocycles. The molecule has 1 aromatic heterocycles. The van der Waals surface area contributed by atoms with Crippen LogP contribution in [0.5, 0.6) is 0 Å². The Hall–Kier alpha value is -3.81. The molecule has 29 heavy (non-hydrogen) atoms. The number of carbonyl (C=O) groups is 3. The Kier molecular flexibility index (Phi) is 4.67. The first-order valence-electron chi connectivity index (χ1n) is 8.99. The van der Waals surface area contributed by atoms with Crippen molar-refractivity contribution in [1.82, 2.24) is 15.1 Å². The summed E-state index contributed by atoms with van der Waals surface area (Å²) in [6.07, 6.45) is -0.829. The lowest BCUT2D eigenvalue weighted by Crippen LogP contribution is -2.36. The van der Waals surface area contributed by atoms with Crippen molar-refractivity contribution in [2.24, 2.45) is 0 Å². The van der Waals surface area contributed by atoms with Crippen LogP contribution < -0.4 is 0 Å². The van der Waals surface area contributed by atoms with Gasteiger partial charge in [0, 0.05) is 5.56 Å². The van der Waals surface area contributed by atoms with Crippen LogP contribution in [0, 0.1) is 6.92 Å². The maximum Gasteiger partial charge on any atom is 0.326 e. The number of carbonyl (C=O) groups excluding carboxylic acids is 3. The van der Waals surface area contributed by atoms with Crippen molar-refractivity contribution in [2.75, 3.05) is 6.54 Å². The number of benzene rings is 2. The minimum absolute atomic E-state index is 0.122. The Morgan fingerprint density at radius 3 is 2.28 bits per heavy atom. The molecule has 146 valence electrons. The van der Waals surface area contributed by atoms with E-state index in [9.17, 15) is 14.4 Å². The first-order valence-corrected chi connectivity index (χ1v) is 8.99. The minimum Gasteiger partial charge on any atom is -0.451 e. The van der Waals surface area contributed by atoms with Crippen LogP contribution in [0.25, 0.3) is 11.5 Å². The number of hydrogen-bond acceptors (Lipinski definition) is 7. The van der Waals surface area contributed by atoms with E-state index in [1.165, 1.54) is 0 Å². The van der Waals surface area contributed by atoms with Crippen molar-refractivity contribution in [3.8, 4) is 11.5 Å². The van der Waals surface area contributed by atoms with Gasteiger partial charge in [0.15, 0.2) is 6.10 Å². The number of fused-ring (bicyclic) bond motifs is 1. The Morgan fingerprint density at radius 1 is 1.03 bits per heavy atom. The van der Waals surface area contributed by atoms with Gasteiger partial charge in [-0.2, -0.15) is 0 Å². The van der Waals surface area contributed by atoms with E-state index >= 15 is 0 Å². The number of amides is 2. The smallest absolute Gasteiger partial charge is 0.326 e. The number of imide groups is 1. The molecular formula is C21H17N3O5. The van der Waals surface area contributed by atoms with Crippen LogP contribution in [0.1, 0.15) is 45.2 Å². The molecule has 1 aliphatic rings. The molecule has 2 heterocycles. The Morgan fingerprint density at radius 2 is 1.66 bits per heavy atom. The van der Waals surface area contributed by atoms with E-state index in [0.29, 0.717) is 5.89 Å². The molecule has 1 atom stereocenters. The lowest BCUT2D eigenvalue weighted by atomic mass is 10.1. The molecule has 0 saturated carbocycles. The van der Waals surface area contributed by atoms with E-state index < -0.39 is 30.4 Å². The number of ether oxygens (including phenoxy) is 1. The molecule has 0 aliphatic carbocycles. The molecule has 0 unspecified atom stereocenters. The van der Waals surface area contributed by atoms with Gasteiger partial charge in [-0.3, -0.25) is 19.3 Å². The van der Waals surface area contributed by atoms with Gasteiger partial charge in [0.25, 0.3) is 17.7 Å². The topological polar surface area (TPSA) is 103 Å². The van der Waals surface area contributed by atoms with Gasteiger partial charge in [-0.1, -0.05) is 29.8 Å². The average molecular weight is 391 g/mol. The highest BCUT2D eigenvalue weighted by molar-refractivity contribution is 6.22. The molecule has 3 aromatic rings. The van der Waals surface area contributed by atoms with Gasteiger partial charge < -0.3 is 9.15 Å². The molecule has 0 saturated heterocycles. The number of esters is 1. The first kappa shape index (κ1) is 18.5. The van der Waals surface area contributed by atoms with E-state index in [0.717, 1.165) is 16.0 Å². The fourth-order valence-electron chi connectivity index (χ4n) is 3.01. The zero-order chi connectivity index (χ0) is 20.5. The summed E-state index contributed by atoms with van der Waals surface area (Å²) >= 11 is 0. The summed E-state index contributed by atoms with van der Waals surface area (Å²) in [5, 5.41) is 7.89. The summed E-state index contributed by atoms with van der Waals surface area (Å²) in [5.74, 6) is -1.36. The third kappa shape index (κ3) is 3.52. The Balaban J connectivity index is 1.41. The van der Waals surface area contributed by atoms with Crippen LogP contribution in [-0.2, 0) is 9.53 Å². The van der Waals surface area contributed by atoms with Crippen molar-refractivity contribution in [3.63, 3.8) is 0 Å². The molecule has 0 radical (unpaired) electrons. The number of aryl methyl sites for hydroxylation is 1. The summed E-state index contributed by atoms with van der Waals surface area (Å²) in [6.45, 7) is 3.06. The van der Waals surface area contributed by atoms with Crippen molar-refractivity contribution in [2.45, 2.75) is 20.0 Å². The van der Waals surface area contributed by atoms with Crippen molar-refractivity contribution in [1.29, 1.82) is 0 Å². The van der Waals surface area contributed by atoms with E-state index in [2.05, 4.69) is 10.2 Å². The standard InChI is InChI=1S/C21H17N3O5/c1-12-7-9-14(10-8-12)19-23-22-18(29-19)13(2)28-17(25)11-24-20(26)15-5-3-4-6-16(15)21(24)27/h3-10,13H,11H2,1-2H3/t13-/m0/s1. The number of aromatic nitrogens is 2. The van der Waals surface area contributed by atoms with E-state index in [1.807, 2.05) is 31.2 Å². The summed E-state index contributed by atoms with van der Waals surface area (Å²) in [6, 6.07) is 14.0. The van der Waals surface area contributed by atoms with Crippen molar-refractivity contribution >= 4 is 17.8 Å². The predicted octanol–water partition coefficient (Wildman–Crippen LogP) is 2.95. The van der Waals surface area contributed by atoms with E-state index in [-0.39, 0.29) is 17.0 Å². The molecular weight excluding hydrogens is 374 g/mol. The van der Waals surface area contributed by atoms with Crippen molar-refractivity contribution < 1.29 is 23.5 Å². The van der Waals surface area contributed by atoms with Gasteiger partial charge in [0.2, 0.25) is 5.89 Å². The quantitative estimate of drug-likeness (QED) is 0.487. The summed E-state index contributed by atoms with van der Waals surface area (Å²) < 4.78 is 10.9. The van der Waals surface area contributed by atoms with Crippen LogP contribution in [0.4, 0.5) is 0 Å². The second kappa shape index (κ2) is 7.31. The lowest BCUT2D eigenvalue weighted by Gasteiger charge is -2.15. The van der Waals surface area contributed by atoms with Crippen LogP contribution >= 0.6 is 0 Å². The zero-order valence-electron chi connectivity index (χ0n) is 15.8. The maximum absolute atomic E-state index is 12.3. The molecule has 0 spiro atoms. The van der Waals surface area contributed by atoms with Crippen LogP contribution in [0.15, 0.2) is 52.9 Å². The summed E-state index contributed by atoms with van der Waals surface area (Å²) in [5.41, 5.74) is 2.40. The normalized spacial score (nSPS) is 14.1. The lowest BCUT2D eigenvalue weighted by molar-refractivity contribution is -0.149. The molecule has 2 amide bonds. The first-order chi connectivity index (χ1) is 13.9. The molecule has 0 N–H and O–H groups in total. The largest absolute Gasteiger partial charge is 0.451 e. The zero-order valence-corrected chi connectivity index (χ0v) is 15.8. The molecule has 0 fully saturated rings. The van der Waals surface area contributed by atoms with Crippen LogP contribution in [-0.4, -0.2) is 39.4 Å². The Bertz CT molecular complexity index is 1070. The monoisotopic (exact) mass is 391 g/mol. The fourth-order valence-corrected chi connectivity index (χ4v) is 3.01. The van der Waals surface area contributed by atoms with Crippen LogP contribution in [0.3, 0.4) is 0 Å². The van der Waals surface area contributed by atoms with Gasteiger partial charge in [-0.15, -0.1) is 10.2 Å². The van der Waals surface area contributed by atoms with E-state index in [1.54, 1.807) is 31.2 Å². The second-order valence-corrected chi connectivity index (χ2v) is 6.69. The highest BCUT2D eigenvalue weighted by Gasteiger charge is 2.37. The predicted molar refractivity (Wildman–Crippen MR) is 101 cm³/mol. The fraction of sp³-hybridized carbons (Fsp3) is 0.190. The summed E-state index contributed by atoms with van der Waals surface area (Å²) in [7, 11) is 0. The highest BCUT2D eigenvalue weighted by Crippen LogP contribution is 2.24. The van der Waals surface area contributed by atoms with Crippen molar-refractivity contribution in [3.05, 3.63) is 71.1 Å². The van der Waals surface area contributed by atoms with Gasteiger partial charge in [-0.05, 0) is 38.1 Å². The van der Waals surface area contributed by atoms with Gasteiger partial charge in [0.1, 0.15) is 6.54 Å². The number of hydrogen-bond donors (Lipinski definition) is 0. The van der Waals surface area contributed by atoms with Gasteiger partial charge in [-0.25, -0.2) is 0 Å². The molecule has 8 heteroatoms. The molecule has 8 nitrogen and oxygen atoms in total. The SMILES string of the molecule is Cc1ccc(-c2nnc([C@H](C)OC(=O)CN3C(=O)c4ccccc4C3=O)o2)cc1. The maximum atomic E-state index is 12.3. The second-order valence-electron chi connectivity index (χ2n) is 6.69. The number of nitrogens with zero attached hydrogens (tertiary/aromatic N) is 3. The molecule has 1 aliphatic heterocycles. The summed E-state index contributed by atoms with van der Waals surface area (Å²) in [4.78, 5) is 37.8. The number of rotatable bonds is 5. The van der Waals surface area contributed by atoms with Crippen LogP contribution in [0.2, 0.25) is 0 Å². The minimum atomic E-state index is -0.829. The Labute approximate surface area is 166 Å². The van der Waals surface area contributed by atoms with E-state index in [4.69, 9.17) is 9.15 Å². The van der Waals surface area contributed by atoms with Gasteiger partial charge >= 0.3 is 5.97 Å². The third-order valence-electron chi connectivity index (χ3n) is 4.56.